The van der Waals surface area contributed by atoms with Gasteiger partial charge in [0.05, 0.1) is 17.7 Å². The Morgan fingerprint density at radius 2 is 2.00 bits per heavy atom. The van der Waals surface area contributed by atoms with Crippen molar-refractivity contribution in [2.24, 2.45) is 5.92 Å². The van der Waals surface area contributed by atoms with Gasteiger partial charge in [-0.25, -0.2) is 0 Å². The van der Waals surface area contributed by atoms with E-state index in [0.29, 0.717) is 18.4 Å². The number of hydrogen-bond donors (Lipinski definition) is 0. The molecule has 0 heterocycles. The maximum atomic E-state index is 5.99. The molecule has 0 bridgehead atoms. The summed E-state index contributed by atoms with van der Waals surface area (Å²) in [5.41, 5.74) is 1.03. The van der Waals surface area contributed by atoms with E-state index < -0.39 is 0 Å². The predicted octanol–water partition coefficient (Wildman–Crippen LogP) is 5.16. The molecule has 0 N–H and O–H groups in total. The molecule has 1 aromatic rings. The fourth-order valence-electron chi connectivity index (χ4n) is 2.48. The molecule has 2 rings (SSSR count). The Kier molecular flexibility index (Phi) is 5.83. The van der Waals surface area contributed by atoms with Crippen LogP contribution >= 0.6 is 27.5 Å². The van der Waals surface area contributed by atoms with E-state index in [0.717, 1.165) is 28.1 Å². The molecule has 2 nitrogen and oxygen atoms in total. The second kappa shape index (κ2) is 7.39. The van der Waals surface area contributed by atoms with Gasteiger partial charge in [-0.3, -0.25) is 0 Å². The predicted molar refractivity (Wildman–Crippen MR) is 82.3 cm³/mol. The van der Waals surface area contributed by atoms with Gasteiger partial charge in [0.1, 0.15) is 0 Å². The standard InChI is InChI=1S/C15H20BrClO2/c1-2-18-14-8-12(9-17)7-13(16)15(14)19-10-11-5-3-4-6-11/h7-8,11H,2-6,9-10H2,1H3. The fraction of sp³-hybridized carbons (Fsp3) is 0.600. The Morgan fingerprint density at radius 3 is 2.63 bits per heavy atom. The van der Waals surface area contributed by atoms with Crippen LogP contribution in [0.2, 0.25) is 0 Å². The zero-order chi connectivity index (χ0) is 13.7. The molecule has 1 aliphatic carbocycles. The highest BCUT2D eigenvalue weighted by molar-refractivity contribution is 9.10. The molecule has 0 radical (unpaired) electrons. The van der Waals surface area contributed by atoms with Crippen LogP contribution in [0.5, 0.6) is 11.5 Å². The lowest BCUT2D eigenvalue weighted by Gasteiger charge is -2.17. The number of ether oxygens (including phenoxy) is 2. The van der Waals surface area contributed by atoms with Crippen LogP contribution in [0, 0.1) is 5.92 Å². The summed E-state index contributed by atoms with van der Waals surface area (Å²) in [5.74, 6) is 2.75. The summed E-state index contributed by atoms with van der Waals surface area (Å²) in [6.07, 6.45) is 5.22. The van der Waals surface area contributed by atoms with Gasteiger partial charge in [0.25, 0.3) is 0 Å². The van der Waals surface area contributed by atoms with E-state index in [-0.39, 0.29) is 0 Å². The maximum Gasteiger partial charge on any atom is 0.175 e. The first-order valence-electron chi connectivity index (χ1n) is 6.88. The van der Waals surface area contributed by atoms with Crippen molar-refractivity contribution in [3.05, 3.63) is 22.2 Å². The number of benzene rings is 1. The Bertz CT molecular complexity index is 417. The Balaban J connectivity index is 2.11. The van der Waals surface area contributed by atoms with Crippen LogP contribution < -0.4 is 9.47 Å². The summed E-state index contributed by atoms with van der Waals surface area (Å²) in [6, 6.07) is 3.96. The maximum absolute atomic E-state index is 5.99. The zero-order valence-corrected chi connectivity index (χ0v) is 13.6. The summed E-state index contributed by atoms with van der Waals surface area (Å²) in [6.45, 7) is 3.37. The monoisotopic (exact) mass is 346 g/mol. The van der Waals surface area contributed by atoms with E-state index in [1.54, 1.807) is 0 Å². The van der Waals surface area contributed by atoms with Crippen LogP contribution in [0.1, 0.15) is 38.2 Å². The summed E-state index contributed by atoms with van der Waals surface area (Å²) in [4.78, 5) is 0. The molecule has 0 spiro atoms. The molecule has 0 saturated heterocycles. The van der Waals surface area contributed by atoms with Gasteiger partial charge in [-0.05, 0) is 59.3 Å². The van der Waals surface area contributed by atoms with Crippen molar-refractivity contribution < 1.29 is 9.47 Å². The number of alkyl halides is 1. The third kappa shape index (κ3) is 4.03. The molecule has 19 heavy (non-hydrogen) atoms. The third-order valence-electron chi connectivity index (χ3n) is 3.46. The molecule has 0 aliphatic heterocycles. The second-order valence-electron chi connectivity index (χ2n) is 4.93. The third-order valence-corrected chi connectivity index (χ3v) is 4.36. The van der Waals surface area contributed by atoms with Crippen molar-refractivity contribution in [2.75, 3.05) is 13.2 Å². The van der Waals surface area contributed by atoms with Crippen LogP contribution in [0.25, 0.3) is 0 Å². The average Bonchev–Trinajstić information content (AvgIpc) is 2.91. The largest absolute Gasteiger partial charge is 0.490 e. The lowest BCUT2D eigenvalue weighted by Crippen LogP contribution is -2.09. The smallest absolute Gasteiger partial charge is 0.175 e. The van der Waals surface area contributed by atoms with E-state index >= 15 is 0 Å². The van der Waals surface area contributed by atoms with Gasteiger partial charge >= 0.3 is 0 Å². The highest BCUT2D eigenvalue weighted by atomic mass is 79.9. The molecule has 4 heteroatoms. The van der Waals surface area contributed by atoms with Crippen LogP contribution in [-0.2, 0) is 5.88 Å². The van der Waals surface area contributed by atoms with Gasteiger partial charge < -0.3 is 9.47 Å². The minimum absolute atomic E-state index is 0.474. The SMILES string of the molecule is CCOc1cc(CCl)cc(Br)c1OCC1CCCC1. The van der Waals surface area contributed by atoms with E-state index in [1.165, 1.54) is 25.7 Å². The first kappa shape index (κ1) is 15.0. The van der Waals surface area contributed by atoms with E-state index in [4.69, 9.17) is 21.1 Å². The van der Waals surface area contributed by atoms with Crippen molar-refractivity contribution >= 4 is 27.5 Å². The van der Waals surface area contributed by atoms with Crippen molar-refractivity contribution in [1.29, 1.82) is 0 Å². The average molecular weight is 348 g/mol. The van der Waals surface area contributed by atoms with E-state index in [1.807, 2.05) is 19.1 Å². The fourth-order valence-corrected chi connectivity index (χ4v) is 3.24. The quantitative estimate of drug-likeness (QED) is 0.662. The molecule has 1 aliphatic rings. The normalized spacial score (nSPS) is 15.7. The van der Waals surface area contributed by atoms with Crippen molar-refractivity contribution in [1.82, 2.24) is 0 Å². The number of halogens is 2. The molecular formula is C15H20BrClO2. The molecule has 1 fully saturated rings. The zero-order valence-electron chi connectivity index (χ0n) is 11.3. The van der Waals surface area contributed by atoms with Gasteiger partial charge in [0.2, 0.25) is 0 Å². The van der Waals surface area contributed by atoms with Crippen molar-refractivity contribution in [3.8, 4) is 11.5 Å². The van der Waals surface area contributed by atoms with Crippen LogP contribution in [0.4, 0.5) is 0 Å². The molecule has 0 aromatic heterocycles. The van der Waals surface area contributed by atoms with Crippen molar-refractivity contribution in [2.45, 2.75) is 38.5 Å². The van der Waals surface area contributed by atoms with Crippen LogP contribution in [0.3, 0.4) is 0 Å². The summed E-state index contributed by atoms with van der Waals surface area (Å²) < 4.78 is 12.6. The highest BCUT2D eigenvalue weighted by Crippen LogP contribution is 2.38. The molecule has 106 valence electrons. The molecule has 1 aromatic carbocycles. The molecular weight excluding hydrogens is 328 g/mol. The van der Waals surface area contributed by atoms with Gasteiger partial charge in [-0.2, -0.15) is 0 Å². The minimum Gasteiger partial charge on any atom is -0.490 e. The first-order chi connectivity index (χ1) is 9.24. The van der Waals surface area contributed by atoms with Gasteiger partial charge in [0.15, 0.2) is 11.5 Å². The summed E-state index contributed by atoms with van der Waals surface area (Å²) in [7, 11) is 0. The highest BCUT2D eigenvalue weighted by Gasteiger charge is 2.18. The topological polar surface area (TPSA) is 18.5 Å². The lowest BCUT2D eigenvalue weighted by atomic mass is 10.1. The molecule has 0 unspecified atom stereocenters. The Labute approximate surface area is 128 Å². The van der Waals surface area contributed by atoms with Crippen LogP contribution in [-0.4, -0.2) is 13.2 Å². The summed E-state index contributed by atoms with van der Waals surface area (Å²) >= 11 is 9.44. The molecule has 1 saturated carbocycles. The minimum atomic E-state index is 0.474. The second-order valence-corrected chi connectivity index (χ2v) is 6.05. The van der Waals surface area contributed by atoms with Gasteiger partial charge in [0, 0.05) is 5.88 Å². The van der Waals surface area contributed by atoms with Gasteiger partial charge in [-0.1, -0.05) is 12.8 Å². The Hall–Kier alpha value is -0.410. The van der Waals surface area contributed by atoms with E-state index in [9.17, 15) is 0 Å². The first-order valence-corrected chi connectivity index (χ1v) is 8.21. The molecule has 0 atom stereocenters. The number of hydrogen-bond acceptors (Lipinski definition) is 2. The van der Waals surface area contributed by atoms with E-state index in [2.05, 4.69) is 15.9 Å². The van der Waals surface area contributed by atoms with Crippen molar-refractivity contribution in [3.63, 3.8) is 0 Å². The summed E-state index contributed by atoms with van der Waals surface area (Å²) in [5, 5.41) is 0. The molecule has 0 amide bonds. The number of rotatable bonds is 6. The lowest BCUT2D eigenvalue weighted by molar-refractivity contribution is 0.233. The Morgan fingerprint density at radius 1 is 1.26 bits per heavy atom. The van der Waals surface area contributed by atoms with Gasteiger partial charge in [-0.15, -0.1) is 11.6 Å². The van der Waals surface area contributed by atoms with Crippen LogP contribution in [0.15, 0.2) is 16.6 Å².